The molecule has 0 amide bonds. The van der Waals surface area contributed by atoms with Crippen molar-refractivity contribution in [3.63, 3.8) is 0 Å². The number of aliphatic hydroxyl groups is 3. The third-order valence-electron chi connectivity index (χ3n) is 3.33. The number of rotatable bonds is 2. The Morgan fingerprint density at radius 3 is 2.76 bits per heavy atom. The Morgan fingerprint density at radius 2 is 2.14 bits per heavy atom. The predicted molar refractivity (Wildman–Crippen MR) is 69.0 cm³/mol. The molecule has 1 saturated heterocycles. The van der Waals surface area contributed by atoms with E-state index >= 15 is 0 Å². The normalized spacial score (nSPS) is 28.9. The maximum absolute atomic E-state index is 10.0. The van der Waals surface area contributed by atoms with Gasteiger partial charge in [-0.25, -0.2) is 4.98 Å². The van der Waals surface area contributed by atoms with E-state index < -0.39 is 31.1 Å². The number of nitrogens with zero attached hydrogens (tertiary/aromatic N) is 5. The maximum Gasteiger partial charge on any atom is 0.375 e. The molecule has 1 fully saturated rings. The number of ether oxygens (including phenoxy) is 1. The zero-order chi connectivity index (χ0) is 15.1. The number of nitrogens with two attached hydrogens (primary N) is 1. The molecule has 5 N–H and O–H groups in total. The number of anilines is 1. The van der Waals surface area contributed by atoms with Gasteiger partial charge in [0.1, 0.15) is 24.6 Å². The highest BCUT2D eigenvalue weighted by Gasteiger charge is 2.44. The summed E-state index contributed by atoms with van der Waals surface area (Å²) in [6, 6.07) is 0. The third-order valence-corrected chi connectivity index (χ3v) is 3.33. The van der Waals surface area contributed by atoms with Crippen LogP contribution in [0, 0.1) is 6.57 Å². The molecule has 21 heavy (non-hydrogen) atoms. The molecule has 3 heterocycles. The molecule has 0 radical (unpaired) electrons. The molecule has 0 saturated carbocycles. The lowest BCUT2D eigenvalue weighted by molar-refractivity contribution is -0.0511. The van der Waals surface area contributed by atoms with Gasteiger partial charge in [-0.05, 0) is 0 Å². The van der Waals surface area contributed by atoms with Crippen LogP contribution in [0.1, 0.15) is 6.23 Å². The summed E-state index contributed by atoms with van der Waals surface area (Å²) in [5.74, 6) is -0.120. The van der Waals surface area contributed by atoms with E-state index in [-0.39, 0.29) is 22.9 Å². The van der Waals surface area contributed by atoms with E-state index in [0.717, 1.165) is 0 Å². The van der Waals surface area contributed by atoms with Crippen molar-refractivity contribution in [2.75, 3.05) is 12.3 Å². The van der Waals surface area contributed by atoms with E-state index in [2.05, 4.69) is 19.8 Å². The number of hydrogen-bond acceptors (Lipinski definition) is 8. The van der Waals surface area contributed by atoms with Crippen LogP contribution in [0.25, 0.3) is 16.0 Å². The van der Waals surface area contributed by atoms with Crippen molar-refractivity contribution in [3.8, 4) is 0 Å². The summed E-state index contributed by atoms with van der Waals surface area (Å²) in [6.45, 7) is 6.50. The third kappa shape index (κ3) is 1.99. The molecule has 1 aliphatic rings. The van der Waals surface area contributed by atoms with Gasteiger partial charge in [0.25, 0.3) is 0 Å². The van der Waals surface area contributed by atoms with Crippen LogP contribution in [0.5, 0.6) is 0 Å². The Labute approximate surface area is 118 Å². The first kappa shape index (κ1) is 13.7. The van der Waals surface area contributed by atoms with Crippen LogP contribution in [0.4, 0.5) is 11.8 Å². The SMILES string of the molecule is [C-]#[N+]c1nc(N)c2ncn([C@@H]3O[C@H](CO)[C@@H](O)[C@H]3O)c2n1. The Morgan fingerprint density at radius 1 is 1.38 bits per heavy atom. The molecule has 10 nitrogen and oxygen atoms in total. The van der Waals surface area contributed by atoms with Gasteiger partial charge in [0.15, 0.2) is 11.7 Å². The van der Waals surface area contributed by atoms with Crippen molar-refractivity contribution in [2.24, 2.45) is 0 Å². The summed E-state index contributed by atoms with van der Waals surface area (Å²) in [5, 5.41) is 28.9. The first-order valence-corrected chi connectivity index (χ1v) is 6.06. The number of nitrogen functional groups attached to an aromatic ring is 1. The highest BCUT2D eigenvalue weighted by molar-refractivity contribution is 5.83. The van der Waals surface area contributed by atoms with Crippen LogP contribution in [-0.2, 0) is 4.74 Å². The minimum atomic E-state index is -1.27. The van der Waals surface area contributed by atoms with Crippen molar-refractivity contribution >= 4 is 22.9 Å². The van der Waals surface area contributed by atoms with Crippen molar-refractivity contribution in [1.82, 2.24) is 19.5 Å². The van der Waals surface area contributed by atoms with Gasteiger partial charge in [-0.3, -0.25) is 4.57 Å². The van der Waals surface area contributed by atoms with Crippen molar-refractivity contribution in [2.45, 2.75) is 24.5 Å². The second-order valence-corrected chi connectivity index (χ2v) is 4.57. The summed E-state index contributed by atoms with van der Waals surface area (Å²) < 4.78 is 6.75. The first-order chi connectivity index (χ1) is 10.1. The van der Waals surface area contributed by atoms with Crippen LogP contribution in [-0.4, -0.2) is 59.8 Å². The molecule has 0 unspecified atom stereocenters. The number of fused-ring (bicyclic) bond motifs is 1. The fourth-order valence-corrected chi connectivity index (χ4v) is 2.27. The molecule has 3 rings (SSSR count). The quantitative estimate of drug-likeness (QED) is 0.493. The minimum Gasteiger partial charge on any atom is -0.394 e. The average molecular weight is 292 g/mol. The highest BCUT2D eigenvalue weighted by Crippen LogP contribution is 2.32. The predicted octanol–water partition coefficient (Wildman–Crippen LogP) is -1.43. The zero-order valence-electron chi connectivity index (χ0n) is 10.7. The fourth-order valence-electron chi connectivity index (χ4n) is 2.27. The Bertz CT molecular complexity index is 725. The monoisotopic (exact) mass is 292 g/mol. The molecule has 0 aliphatic carbocycles. The molecule has 0 aromatic carbocycles. The Kier molecular flexibility index (Phi) is 3.19. The van der Waals surface area contributed by atoms with Gasteiger partial charge in [-0.1, -0.05) is 0 Å². The summed E-state index contributed by atoms with van der Waals surface area (Å²) in [7, 11) is 0. The molecule has 10 heteroatoms. The molecule has 2 aromatic heterocycles. The topological polar surface area (TPSA) is 144 Å². The average Bonchev–Trinajstić information content (AvgIpc) is 3.02. The number of hydrogen-bond donors (Lipinski definition) is 4. The molecule has 0 bridgehead atoms. The van der Waals surface area contributed by atoms with E-state index in [1.54, 1.807) is 0 Å². The van der Waals surface area contributed by atoms with Gasteiger partial charge < -0.3 is 30.6 Å². The van der Waals surface area contributed by atoms with Crippen LogP contribution in [0.2, 0.25) is 0 Å². The molecule has 4 atom stereocenters. The van der Waals surface area contributed by atoms with Gasteiger partial charge in [0.05, 0.1) is 6.61 Å². The number of imidazole rings is 1. The highest BCUT2D eigenvalue weighted by atomic mass is 16.6. The maximum atomic E-state index is 10.0. The lowest BCUT2D eigenvalue weighted by Crippen LogP contribution is -2.33. The van der Waals surface area contributed by atoms with Crippen LogP contribution in [0.3, 0.4) is 0 Å². The standard InChI is InChI=1S/C11H12N6O4/c1-13-11-15-8(12)5-9(16-11)17(3-14-5)10-7(20)6(19)4(2-18)21-10/h3-4,6-7,10,18-20H,2H2,(H2,12,15,16)/t4-,6-,7-,10-/m1/s1. The van der Waals surface area contributed by atoms with Gasteiger partial charge >= 0.3 is 5.95 Å². The number of aliphatic hydroxyl groups excluding tert-OH is 3. The van der Waals surface area contributed by atoms with Crippen molar-refractivity contribution in [3.05, 3.63) is 17.7 Å². The summed E-state index contributed by atoms with van der Waals surface area (Å²) >= 11 is 0. The molecule has 110 valence electrons. The first-order valence-electron chi connectivity index (χ1n) is 6.06. The molecule has 0 spiro atoms. The van der Waals surface area contributed by atoms with Gasteiger partial charge in [-0.2, -0.15) is 0 Å². The number of aromatic nitrogens is 4. The second kappa shape index (κ2) is 4.90. The molecular formula is C11H12N6O4. The van der Waals surface area contributed by atoms with Crippen LogP contribution >= 0.6 is 0 Å². The summed E-state index contributed by atoms with van der Waals surface area (Å²) in [5.41, 5.74) is 6.17. The van der Waals surface area contributed by atoms with Gasteiger partial charge in [0, 0.05) is 0 Å². The van der Waals surface area contributed by atoms with Crippen LogP contribution < -0.4 is 5.73 Å². The van der Waals surface area contributed by atoms with Crippen molar-refractivity contribution in [1.29, 1.82) is 0 Å². The van der Waals surface area contributed by atoms with Gasteiger partial charge in [0.2, 0.25) is 11.5 Å². The van der Waals surface area contributed by atoms with E-state index in [1.165, 1.54) is 10.9 Å². The molecular weight excluding hydrogens is 280 g/mol. The second-order valence-electron chi connectivity index (χ2n) is 4.57. The van der Waals surface area contributed by atoms with Crippen molar-refractivity contribution < 1.29 is 20.1 Å². The Balaban J connectivity index is 2.10. The summed E-state index contributed by atoms with van der Waals surface area (Å²) in [4.78, 5) is 14.9. The zero-order valence-corrected chi connectivity index (χ0v) is 10.7. The Hall–Kier alpha value is -2.32. The van der Waals surface area contributed by atoms with E-state index in [4.69, 9.17) is 22.1 Å². The molecule has 2 aromatic rings. The largest absolute Gasteiger partial charge is 0.394 e. The fraction of sp³-hybridized carbons (Fsp3) is 0.455. The molecule has 1 aliphatic heterocycles. The van der Waals surface area contributed by atoms with Gasteiger partial charge in [-0.15, -0.1) is 16.5 Å². The lowest BCUT2D eigenvalue weighted by Gasteiger charge is -2.15. The minimum absolute atomic E-state index is 0.0384. The summed E-state index contributed by atoms with van der Waals surface area (Å²) in [6.07, 6.45) is -3.09. The van der Waals surface area contributed by atoms with E-state index in [1.807, 2.05) is 0 Å². The van der Waals surface area contributed by atoms with E-state index in [9.17, 15) is 10.2 Å². The lowest BCUT2D eigenvalue weighted by atomic mass is 10.1. The van der Waals surface area contributed by atoms with Crippen LogP contribution in [0.15, 0.2) is 6.33 Å². The smallest absolute Gasteiger partial charge is 0.375 e. The van der Waals surface area contributed by atoms with E-state index in [0.29, 0.717) is 0 Å².